The summed E-state index contributed by atoms with van der Waals surface area (Å²) in [5, 5.41) is 2.71. The molecule has 1 aliphatic heterocycles. The van der Waals surface area contributed by atoms with Crippen molar-refractivity contribution in [1.29, 1.82) is 0 Å². The lowest BCUT2D eigenvalue weighted by Crippen LogP contribution is -2.52. The molecule has 1 amide bonds. The molecule has 0 radical (unpaired) electrons. The predicted molar refractivity (Wildman–Crippen MR) is 92.5 cm³/mol. The fraction of sp³-hybridized carbons (Fsp3) is 0.222. The van der Waals surface area contributed by atoms with Gasteiger partial charge in [0.2, 0.25) is 15.9 Å². The summed E-state index contributed by atoms with van der Waals surface area (Å²) in [5.41, 5.74) is 0.921. The maximum absolute atomic E-state index is 13.1. The average molecular weight is 358 g/mol. The van der Waals surface area contributed by atoms with Crippen molar-refractivity contribution in [3.05, 3.63) is 65.7 Å². The number of carbonyl (C=O) groups is 2. The van der Waals surface area contributed by atoms with Crippen LogP contribution in [0.4, 0.5) is 0 Å². The van der Waals surface area contributed by atoms with Gasteiger partial charge in [-0.25, -0.2) is 8.42 Å². The van der Waals surface area contributed by atoms with Crippen molar-refractivity contribution in [2.45, 2.75) is 17.9 Å². The number of amides is 1. The highest BCUT2D eigenvalue weighted by molar-refractivity contribution is 7.89. The zero-order chi connectivity index (χ0) is 18.0. The van der Waals surface area contributed by atoms with E-state index >= 15 is 0 Å². The van der Waals surface area contributed by atoms with Crippen LogP contribution in [0.5, 0.6) is 0 Å². The average Bonchev–Trinajstić information content (AvgIpc) is 2.62. The summed E-state index contributed by atoms with van der Waals surface area (Å²) in [6, 6.07) is 13.7. The molecule has 0 bridgehead atoms. The minimum atomic E-state index is -3.93. The van der Waals surface area contributed by atoms with Gasteiger partial charge in [0.15, 0.2) is 5.78 Å². The third-order valence-corrected chi connectivity index (χ3v) is 5.99. The smallest absolute Gasteiger partial charge is 0.244 e. The topological polar surface area (TPSA) is 83.6 Å². The first-order valence-electron chi connectivity index (χ1n) is 7.87. The van der Waals surface area contributed by atoms with Gasteiger partial charge in [-0.2, -0.15) is 4.31 Å². The number of hydrogen-bond acceptors (Lipinski definition) is 4. The van der Waals surface area contributed by atoms with Gasteiger partial charge < -0.3 is 5.32 Å². The highest BCUT2D eigenvalue weighted by Gasteiger charge is 2.39. The van der Waals surface area contributed by atoms with Crippen LogP contribution in [0.15, 0.2) is 59.5 Å². The Morgan fingerprint density at radius 3 is 2.52 bits per heavy atom. The van der Waals surface area contributed by atoms with E-state index in [-0.39, 0.29) is 29.7 Å². The second-order valence-corrected chi connectivity index (χ2v) is 7.69. The molecule has 1 atom stereocenters. The van der Waals surface area contributed by atoms with Crippen molar-refractivity contribution in [3.63, 3.8) is 0 Å². The Balaban J connectivity index is 2.06. The molecule has 2 aromatic rings. The quantitative estimate of drug-likeness (QED) is 0.844. The molecule has 7 heteroatoms. The first kappa shape index (κ1) is 17.3. The molecular formula is C18H18N2O4S. The van der Waals surface area contributed by atoms with Gasteiger partial charge in [0.1, 0.15) is 6.04 Å². The van der Waals surface area contributed by atoms with Crippen LogP contribution in [0, 0.1) is 0 Å². The van der Waals surface area contributed by atoms with E-state index in [9.17, 15) is 18.0 Å². The van der Waals surface area contributed by atoms with Crippen LogP contribution in [-0.2, 0) is 14.8 Å². The van der Waals surface area contributed by atoms with Crippen LogP contribution < -0.4 is 5.32 Å². The van der Waals surface area contributed by atoms with Crippen LogP contribution in [-0.4, -0.2) is 37.5 Å². The standard InChI is InChI=1S/C18H18N2O4S/c1-13(21)15-8-5-9-16(12-15)25(23,24)20-11-10-19-18(22)17(20)14-6-3-2-4-7-14/h2-9,12,17H,10-11H2,1H3,(H,19,22). The largest absolute Gasteiger partial charge is 0.353 e. The van der Waals surface area contributed by atoms with Gasteiger partial charge in [-0.3, -0.25) is 9.59 Å². The Labute approximate surface area is 146 Å². The molecule has 1 fully saturated rings. The van der Waals surface area contributed by atoms with Gasteiger partial charge in [0.25, 0.3) is 0 Å². The van der Waals surface area contributed by atoms with E-state index in [2.05, 4.69) is 5.32 Å². The van der Waals surface area contributed by atoms with E-state index in [1.165, 1.54) is 29.4 Å². The first-order valence-corrected chi connectivity index (χ1v) is 9.31. The summed E-state index contributed by atoms with van der Waals surface area (Å²) in [6.45, 7) is 1.79. The Hall–Kier alpha value is -2.51. The monoisotopic (exact) mass is 358 g/mol. The van der Waals surface area contributed by atoms with Crippen LogP contribution in [0.3, 0.4) is 0 Å². The molecule has 1 N–H and O–H groups in total. The van der Waals surface area contributed by atoms with Gasteiger partial charge in [-0.15, -0.1) is 0 Å². The van der Waals surface area contributed by atoms with Gasteiger partial charge in [-0.05, 0) is 24.6 Å². The van der Waals surface area contributed by atoms with Gasteiger partial charge in [0, 0.05) is 18.7 Å². The highest BCUT2D eigenvalue weighted by atomic mass is 32.2. The van der Waals surface area contributed by atoms with Crippen LogP contribution in [0.2, 0.25) is 0 Å². The molecular weight excluding hydrogens is 340 g/mol. The Morgan fingerprint density at radius 2 is 1.84 bits per heavy atom. The summed E-state index contributed by atoms with van der Waals surface area (Å²) in [4.78, 5) is 24.0. The molecule has 0 spiro atoms. The molecule has 1 saturated heterocycles. The molecule has 6 nitrogen and oxygen atoms in total. The van der Waals surface area contributed by atoms with Crippen molar-refractivity contribution in [2.24, 2.45) is 0 Å². The summed E-state index contributed by atoms with van der Waals surface area (Å²) < 4.78 is 27.4. The maximum atomic E-state index is 13.1. The number of Topliss-reactive ketones (excluding diaryl/α,β-unsaturated/α-hetero) is 1. The molecule has 1 aliphatic rings. The van der Waals surface area contributed by atoms with E-state index in [0.29, 0.717) is 11.1 Å². The summed E-state index contributed by atoms with van der Waals surface area (Å²) in [6.07, 6.45) is 0. The molecule has 0 saturated carbocycles. The lowest BCUT2D eigenvalue weighted by atomic mass is 10.1. The third kappa shape index (κ3) is 3.33. The van der Waals surface area contributed by atoms with E-state index < -0.39 is 16.1 Å². The SMILES string of the molecule is CC(=O)c1cccc(S(=O)(=O)N2CCNC(=O)C2c2ccccc2)c1. The molecule has 1 unspecified atom stereocenters. The number of ketones is 1. The Morgan fingerprint density at radius 1 is 1.12 bits per heavy atom. The van der Waals surface area contributed by atoms with Gasteiger partial charge >= 0.3 is 0 Å². The normalized spacial score (nSPS) is 18.6. The summed E-state index contributed by atoms with van der Waals surface area (Å²) in [7, 11) is -3.93. The molecule has 3 rings (SSSR count). The van der Waals surface area contributed by atoms with Crippen molar-refractivity contribution in [3.8, 4) is 0 Å². The number of piperazine rings is 1. The molecule has 130 valence electrons. The summed E-state index contributed by atoms with van der Waals surface area (Å²) >= 11 is 0. The molecule has 0 aromatic heterocycles. The van der Waals surface area contributed by atoms with Crippen LogP contribution >= 0.6 is 0 Å². The van der Waals surface area contributed by atoms with E-state index in [1.54, 1.807) is 36.4 Å². The Kier molecular flexibility index (Phi) is 4.69. The number of sulfonamides is 1. The second kappa shape index (κ2) is 6.78. The Bertz CT molecular complexity index is 910. The number of benzene rings is 2. The van der Waals surface area contributed by atoms with Gasteiger partial charge in [-0.1, -0.05) is 42.5 Å². The molecule has 2 aromatic carbocycles. The lowest BCUT2D eigenvalue weighted by molar-refractivity contribution is -0.126. The van der Waals surface area contributed by atoms with Crippen molar-refractivity contribution < 1.29 is 18.0 Å². The first-order chi connectivity index (χ1) is 11.9. The number of carbonyl (C=O) groups excluding carboxylic acids is 2. The molecule has 25 heavy (non-hydrogen) atoms. The number of nitrogens with one attached hydrogen (secondary N) is 1. The second-order valence-electron chi connectivity index (χ2n) is 5.80. The van der Waals surface area contributed by atoms with Crippen molar-refractivity contribution in [1.82, 2.24) is 9.62 Å². The molecule has 0 aliphatic carbocycles. The number of nitrogens with zero attached hydrogens (tertiary/aromatic N) is 1. The van der Waals surface area contributed by atoms with Crippen LogP contribution in [0.25, 0.3) is 0 Å². The lowest BCUT2D eigenvalue weighted by Gasteiger charge is -2.34. The number of hydrogen-bond donors (Lipinski definition) is 1. The van der Waals surface area contributed by atoms with Gasteiger partial charge in [0.05, 0.1) is 4.90 Å². The van der Waals surface area contributed by atoms with Crippen molar-refractivity contribution >= 4 is 21.7 Å². The summed E-state index contributed by atoms with van der Waals surface area (Å²) in [5.74, 6) is -0.572. The van der Waals surface area contributed by atoms with E-state index in [4.69, 9.17) is 0 Å². The third-order valence-electron chi connectivity index (χ3n) is 4.13. The maximum Gasteiger partial charge on any atom is 0.244 e. The van der Waals surface area contributed by atoms with Crippen molar-refractivity contribution in [2.75, 3.05) is 13.1 Å². The van der Waals surface area contributed by atoms with Crippen LogP contribution in [0.1, 0.15) is 28.9 Å². The number of rotatable bonds is 4. The van der Waals surface area contributed by atoms with E-state index in [1.807, 2.05) is 0 Å². The zero-order valence-electron chi connectivity index (χ0n) is 13.7. The zero-order valence-corrected chi connectivity index (χ0v) is 14.5. The fourth-order valence-corrected chi connectivity index (χ4v) is 4.49. The fourth-order valence-electron chi connectivity index (χ4n) is 2.87. The minimum absolute atomic E-state index is 0.0100. The van der Waals surface area contributed by atoms with E-state index in [0.717, 1.165) is 0 Å². The highest BCUT2D eigenvalue weighted by Crippen LogP contribution is 2.29. The molecule has 1 heterocycles. The predicted octanol–water partition coefficient (Wildman–Crippen LogP) is 1.75. The minimum Gasteiger partial charge on any atom is -0.353 e.